The third kappa shape index (κ3) is 4.49. The Morgan fingerprint density at radius 1 is 0.931 bits per heavy atom. The Morgan fingerprint density at radius 3 is 2.48 bits per heavy atom. The Morgan fingerprint density at radius 2 is 1.69 bits per heavy atom. The number of aryl methyl sites for hydroxylation is 2. The summed E-state index contributed by atoms with van der Waals surface area (Å²) in [5.41, 5.74) is 5.59. The number of hydrogen-bond donors (Lipinski definition) is 1. The summed E-state index contributed by atoms with van der Waals surface area (Å²) >= 11 is 0. The first-order valence-corrected chi connectivity index (χ1v) is 9.96. The summed E-state index contributed by atoms with van der Waals surface area (Å²) in [7, 11) is 0. The zero-order chi connectivity index (χ0) is 20.2. The van der Waals surface area contributed by atoms with E-state index in [0.29, 0.717) is 6.54 Å². The summed E-state index contributed by atoms with van der Waals surface area (Å²) < 4.78 is 7.95. The largest absolute Gasteiger partial charge is 0.491 e. The van der Waals surface area contributed by atoms with Crippen molar-refractivity contribution in [3.63, 3.8) is 0 Å². The average Bonchev–Trinajstić information content (AvgIpc) is 3.06. The van der Waals surface area contributed by atoms with Crippen molar-refractivity contribution in [2.45, 2.75) is 32.9 Å². The standard InChI is InChI=1S/C25H26N2O2/c1-18-12-13-22(14-19(18)2)29-17-21(28)16-27-24-11-7-6-10-23(24)26-25(27)15-20-8-4-3-5-9-20/h3-14,21,28H,15-17H2,1-2H3. The van der Waals surface area contributed by atoms with E-state index in [1.807, 2.05) is 60.7 Å². The second-order valence-electron chi connectivity index (χ2n) is 7.50. The first-order valence-electron chi connectivity index (χ1n) is 9.96. The van der Waals surface area contributed by atoms with Gasteiger partial charge in [-0.05, 0) is 54.8 Å². The Hall–Kier alpha value is -3.11. The van der Waals surface area contributed by atoms with Gasteiger partial charge in [0.05, 0.1) is 17.6 Å². The number of fused-ring (bicyclic) bond motifs is 1. The smallest absolute Gasteiger partial charge is 0.119 e. The third-order valence-electron chi connectivity index (χ3n) is 5.25. The molecule has 29 heavy (non-hydrogen) atoms. The Labute approximate surface area is 171 Å². The van der Waals surface area contributed by atoms with Gasteiger partial charge in [-0.25, -0.2) is 4.98 Å². The van der Waals surface area contributed by atoms with E-state index in [0.717, 1.165) is 29.0 Å². The SMILES string of the molecule is Cc1ccc(OCC(O)Cn2c(Cc3ccccc3)nc3ccccc32)cc1C. The normalized spacial score (nSPS) is 12.2. The van der Waals surface area contributed by atoms with Crippen molar-refractivity contribution >= 4 is 11.0 Å². The second kappa shape index (κ2) is 8.50. The van der Waals surface area contributed by atoms with E-state index in [2.05, 4.69) is 30.5 Å². The molecule has 0 aliphatic heterocycles. The summed E-state index contributed by atoms with van der Waals surface area (Å²) in [5.74, 6) is 1.73. The Kier molecular flexibility index (Phi) is 5.63. The van der Waals surface area contributed by atoms with E-state index in [-0.39, 0.29) is 6.61 Å². The maximum absolute atomic E-state index is 10.7. The Bertz CT molecular complexity index is 1100. The first-order chi connectivity index (χ1) is 14.1. The van der Waals surface area contributed by atoms with Gasteiger partial charge in [-0.15, -0.1) is 0 Å². The van der Waals surface area contributed by atoms with Crippen LogP contribution in [-0.2, 0) is 13.0 Å². The highest BCUT2D eigenvalue weighted by Crippen LogP contribution is 2.20. The van der Waals surface area contributed by atoms with Crippen LogP contribution in [0.5, 0.6) is 5.75 Å². The molecule has 0 bridgehead atoms. The predicted molar refractivity (Wildman–Crippen MR) is 116 cm³/mol. The van der Waals surface area contributed by atoms with Crippen molar-refractivity contribution in [1.29, 1.82) is 0 Å². The molecule has 1 atom stereocenters. The van der Waals surface area contributed by atoms with Crippen molar-refractivity contribution in [1.82, 2.24) is 9.55 Å². The quantitative estimate of drug-likeness (QED) is 0.501. The number of nitrogens with zero attached hydrogens (tertiary/aromatic N) is 2. The third-order valence-corrected chi connectivity index (χ3v) is 5.25. The molecule has 1 aromatic heterocycles. The highest BCUT2D eigenvalue weighted by Gasteiger charge is 2.15. The summed E-state index contributed by atoms with van der Waals surface area (Å²) in [6.07, 6.45) is 0.0870. The molecule has 0 aliphatic carbocycles. The molecule has 148 valence electrons. The molecule has 0 aliphatic rings. The molecule has 4 nitrogen and oxygen atoms in total. The lowest BCUT2D eigenvalue weighted by Gasteiger charge is -2.16. The summed E-state index contributed by atoms with van der Waals surface area (Å²) in [6.45, 7) is 4.81. The molecular formula is C25H26N2O2. The molecule has 0 saturated carbocycles. The number of ether oxygens (including phenoxy) is 1. The van der Waals surface area contributed by atoms with Gasteiger partial charge in [0, 0.05) is 6.42 Å². The van der Waals surface area contributed by atoms with Crippen molar-refractivity contribution in [2.75, 3.05) is 6.61 Å². The number of aliphatic hydroxyl groups is 1. The van der Waals surface area contributed by atoms with Gasteiger partial charge in [-0.2, -0.15) is 0 Å². The lowest BCUT2D eigenvalue weighted by molar-refractivity contribution is 0.0927. The zero-order valence-corrected chi connectivity index (χ0v) is 16.9. The highest BCUT2D eigenvalue weighted by molar-refractivity contribution is 5.76. The van der Waals surface area contributed by atoms with E-state index in [9.17, 15) is 5.11 Å². The number of imidazole rings is 1. The lowest BCUT2D eigenvalue weighted by Crippen LogP contribution is -2.24. The summed E-state index contributed by atoms with van der Waals surface area (Å²) in [5, 5.41) is 10.7. The van der Waals surface area contributed by atoms with Crippen LogP contribution in [0.3, 0.4) is 0 Å². The van der Waals surface area contributed by atoms with Crippen LogP contribution in [0.25, 0.3) is 11.0 Å². The van der Waals surface area contributed by atoms with Gasteiger partial charge in [-0.3, -0.25) is 0 Å². The molecule has 4 rings (SSSR count). The van der Waals surface area contributed by atoms with Crippen LogP contribution < -0.4 is 4.74 Å². The van der Waals surface area contributed by atoms with E-state index in [4.69, 9.17) is 9.72 Å². The van der Waals surface area contributed by atoms with Crippen LogP contribution in [-0.4, -0.2) is 27.4 Å². The molecule has 0 spiro atoms. The fourth-order valence-electron chi connectivity index (χ4n) is 3.50. The van der Waals surface area contributed by atoms with E-state index in [1.54, 1.807) is 0 Å². The number of para-hydroxylation sites is 2. The number of aliphatic hydroxyl groups excluding tert-OH is 1. The minimum atomic E-state index is -0.635. The van der Waals surface area contributed by atoms with Gasteiger partial charge < -0.3 is 14.4 Å². The molecular weight excluding hydrogens is 360 g/mol. The topological polar surface area (TPSA) is 47.3 Å². The number of hydrogen-bond acceptors (Lipinski definition) is 3. The van der Waals surface area contributed by atoms with Crippen molar-refractivity contribution in [3.05, 3.63) is 95.3 Å². The lowest BCUT2D eigenvalue weighted by atomic mass is 10.1. The molecule has 0 amide bonds. The number of aromatic nitrogens is 2. The summed E-state index contributed by atoms with van der Waals surface area (Å²) in [6, 6.07) is 24.3. The molecule has 1 unspecified atom stereocenters. The molecule has 1 N–H and O–H groups in total. The number of benzene rings is 3. The van der Waals surface area contributed by atoms with Crippen LogP contribution in [0.2, 0.25) is 0 Å². The average molecular weight is 386 g/mol. The van der Waals surface area contributed by atoms with Crippen LogP contribution in [0.1, 0.15) is 22.5 Å². The van der Waals surface area contributed by atoms with Crippen LogP contribution in [0, 0.1) is 13.8 Å². The van der Waals surface area contributed by atoms with E-state index >= 15 is 0 Å². The summed E-state index contributed by atoms with van der Waals surface area (Å²) in [4.78, 5) is 4.81. The van der Waals surface area contributed by atoms with Gasteiger partial charge in [0.1, 0.15) is 24.3 Å². The van der Waals surface area contributed by atoms with Gasteiger partial charge in [0.2, 0.25) is 0 Å². The molecule has 1 heterocycles. The molecule has 4 heteroatoms. The van der Waals surface area contributed by atoms with Crippen molar-refractivity contribution in [3.8, 4) is 5.75 Å². The van der Waals surface area contributed by atoms with Crippen LogP contribution >= 0.6 is 0 Å². The van der Waals surface area contributed by atoms with E-state index < -0.39 is 6.10 Å². The van der Waals surface area contributed by atoms with E-state index in [1.165, 1.54) is 16.7 Å². The van der Waals surface area contributed by atoms with Crippen molar-refractivity contribution in [2.24, 2.45) is 0 Å². The second-order valence-corrected chi connectivity index (χ2v) is 7.50. The predicted octanol–water partition coefficient (Wildman–Crippen LogP) is 4.68. The molecule has 0 radical (unpaired) electrons. The highest BCUT2D eigenvalue weighted by atomic mass is 16.5. The first kappa shape index (κ1) is 19.2. The zero-order valence-electron chi connectivity index (χ0n) is 16.9. The maximum atomic E-state index is 10.7. The maximum Gasteiger partial charge on any atom is 0.119 e. The van der Waals surface area contributed by atoms with Gasteiger partial charge in [0.15, 0.2) is 0 Å². The van der Waals surface area contributed by atoms with Gasteiger partial charge in [0.25, 0.3) is 0 Å². The monoisotopic (exact) mass is 386 g/mol. The Balaban J connectivity index is 1.52. The minimum Gasteiger partial charge on any atom is -0.491 e. The molecule has 4 aromatic rings. The molecule has 0 fully saturated rings. The fourth-order valence-corrected chi connectivity index (χ4v) is 3.50. The fraction of sp³-hybridized carbons (Fsp3) is 0.240. The minimum absolute atomic E-state index is 0.236. The molecule has 3 aromatic carbocycles. The van der Waals surface area contributed by atoms with Gasteiger partial charge >= 0.3 is 0 Å². The van der Waals surface area contributed by atoms with Crippen LogP contribution in [0.15, 0.2) is 72.8 Å². The number of rotatable bonds is 7. The van der Waals surface area contributed by atoms with Crippen LogP contribution in [0.4, 0.5) is 0 Å². The van der Waals surface area contributed by atoms with Crippen molar-refractivity contribution < 1.29 is 9.84 Å². The van der Waals surface area contributed by atoms with Gasteiger partial charge in [-0.1, -0.05) is 48.5 Å². The molecule has 0 saturated heterocycles.